The zero-order valence-electron chi connectivity index (χ0n) is 46.2. The Morgan fingerprint density at radius 2 is 0.553 bits per heavy atom. The van der Waals surface area contributed by atoms with Crippen LogP contribution in [0.4, 0.5) is 0 Å². The fourth-order valence-corrected chi connectivity index (χ4v) is 13.6. The maximum Gasteiger partial charge on any atom is 0.160 e. The highest BCUT2D eigenvalue weighted by Gasteiger charge is 2.46. The molecule has 0 saturated heterocycles. The van der Waals surface area contributed by atoms with Crippen molar-refractivity contribution in [2.75, 3.05) is 0 Å². The van der Waals surface area contributed by atoms with Gasteiger partial charge in [-0.3, -0.25) is 0 Å². The number of nitrogens with zero attached hydrogens (tertiary/aromatic N) is 4. The molecular weight excluding hydrogens is 1030 g/mol. The van der Waals surface area contributed by atoms with E-state index < -0.39 is 5.41 Å². The van der Waals surface area contributed by atoms with Crippen LogP contribution in [0.2, 0.25) is 0 Å². The Morgan fingerprint density at radius 1 is 0.212 bits per heavy atom. The van der Waals surface area contributed by atoms with Crippen molar-refractivity contribution in [1.82, 2.24) is 19.9 Å². The van der Waals surface area contributed by atoms with Crippen LogP contribution in [0.15, 0.2) is 303 Å². The Labute approximate surface area is 491 Å². The molecule has 1 aliphatic carbocycles. The average Bonchev–Trinajstić information content (AvgIpc) is 1.88. The number of hydrogen-bond donors (Lipinski definition) is 0. The third kappa shape index (κ3) is 7.91. The highest BCUT2D eigenvalue weighted by Crippen LogP contribution is 2.58. The molecule has 17 rings (SSSR count). The first-order valence-electron chi connectivity index (χ1n) is 29.1. The van der Waals surface area contributed by atoms with Crippen LogP contribution < -0.4 is 0 Å². The molecule has 2 aromatic heterocycles. The fraction of sp³-hybridized carbons (Fsp3) is 0.0123. The third-order valence-electron chi connectivity index (χ3n) is 17.7. The van der Waals surface area contributed by atoms with Crippen LogP contribution in [0, 0.1) is 0 Å². The quantitative estimate of drug-likeness (QED) is 0.142. The van der Waals surface area contributed by atoms with Gasteiger partial charge in [0.05, 0.1) is 27.8 Å². The molecule has 0 fully saturated rings. The molecule has 0 atom stereocenters. The number of rotatable bonds is 8. The Morgan fingerprint density at radius 3 is 1.00 bits per heavy atom. The molecule has 0 N–H and O–H groups in total. The van der Waals surface area contributed by atoms with E-state index in [1.807, 2.05) is 0 Å². The summed E-state index contributed by atoms with van der Waals surface area (Å²) in [5.74, 6) is 1.37. The van der Waals surface area contributed by atoms with Gasteiger partial charge in [-0.05, 0) is 135 Å². The molecule has 0 radical (unpaired) electrons. The number of fused-ring (bicyclic) bond motifs is 11. The standard InChI is InChI=1S/C81H50N4/c1-3-17-63(18-4-1)81(64-19-5-2-6-20-64)73-49-61(77-71-23-11-13-25-75(71)82-79(84-77)55-33-27-51(28-34-55)57-39-43-67-59(47-57)37-31-53-15-7-9-21-65(53)67)41-45-69(73)70-46-42-62(50-74(70)81)78-72-24-12-14-26-76(72)83-80(85-78)56-35-29-52(30-36-56)58-40-44-68-60(48-58)38-32-54-16-8-10-22-66(54)68/h1-50H. The lowest BCUT2D eigenvalue weighted by molar-refractivity contribution is 0.769. The molecule has 14 aromatic carbocycles. The van der Waals surface area contributed by atoms with Gasteiger partial charge in [0.25, 0.3) is 0 Å². The van der Waals surface area contributed by atoms with Crippen LogP contribution in [0.5, 0.6) is 0 Å². The highest BCUT2D eigenvalue weighted by molar-refractivity contribution is 6.10. The van der Waals surface area contributed by atoms with Crippen LogP contribution >= 0.6 is 0 Å². The molecule has 0 saturated carbocycles. The van der Waals surface area contributed by atoms with Crippen molar-refractivity contribution in [3.63, 3.8) is 0 Å². The van der Waals surface area contributed by atoms with Crippen LogP contribution in [0.1, 0.15) is 22.3 Å². The van der Waals surface area contributed by atoms with Gasteiger partial charge in [-0.25, -0.2) is 19.9 Å². The maximum absolute atomic E-state index is 5.51. The third-order valence-corrected chi connectivity index (χ3v) is 17.7. The van der Waals surface area contributed by atoms with Crippen LogP contribution in [-0.4, -0.2) is 19.9 Å². The normalized spacial score (nSPS) is 12.6. The van der Waals surface area contributed by atoms with Gasteiger partial charge < -0.3 is 0 Å². The number of aromatic nitrogens is 4. The van der Waals surface area contributed by atoms with Crippen LogP contribution in [0.3, 0.4) is 0 Å². The molecule has 0 bridgehead atoms. The van der Waals surface area contributed by atoms with Gasteiger partial charge in [-0.15, -0.1) is 0 Å². The van der Waals surface area contributed by atoms with E-state index in [1.54, 1.807) is 0 Å². The molecular formula is C81H50N4. The molecule has 85 heavy (non-hydrogen) atoms. The highest BCUT2D eigenvalue weighted by atomic mass is 14.9. The van der Waals surface area contributed by atoms with Crippen molar-refractivity contribution in [3.8, 4) is 78.7 Å². The second kappa shape index (κ2) is 19.5. The number of benzene rings is 14. The Kier molecular flexibility index (Phi) is 11.1. The van der Waals surface area contributed by atoms with E-state index in [-0.39, 0.29) is 0 Å². The predicted molar refractivity (Wildman–Crippen MR) is 353 cm³/mol. The van der Waals surface area contributed by atoms with Gasteiger partial charge in [-0.2, -0.15) is 0 Å². The summed E-state index contributed by atoms with van der Waals surface area (Å²) in [5, 5.41) is 12.0. The van der Waals surface area contributed by atoms with Gasteiger partial charge in [-0.1, -0.05) is 267 Å². The minimum absolute atomic E-state index is 0.683. The van der Waals surface area contributed by atoms with E-state index in [2.05, 4.69) is 303 Å². The first-order valence-corrected chi connectivity index (χ1v) is 29.1. The van der Waals surface area contributed by atoms with E-state index in [9.17, 15) is 0 Å². The summed E-state index contributed by atoms with van der Waals surface area (Å²) in [7, 11) is 0. The number of para-hydroxylation sites is 2. The van der Waals surface area contributed by atoms with E-state index >= 15 is 0 Å². The molecule has 4 nitrogen and oxygen atoms in total. The van der Waals surface area contributed by atoms with Gasteiger partial charge >= 0.3 is 0 Å². The summed E-state index contributed by atoms with van der Waals surface area (Å²) in [4.78, 5) is 21.5. The lowest BCUT2D eigenvalue weighted by Crippen LogP contribution is -2.28. The Hall–Kier alpha value is -11.2. The smallest absolute Gasteiger partial charge is 0.160 e. The van der Waals surface area contributed by atoms with E-state index in [0.29, 0.717) is 11.6 Å². The zero-order chi connectivity index (χ0) is 56.0. The van der Waals surface area contributed by atoms with E-state index in [4.69, 9.17) is 19.9 Å². The summed E-state index contributed by atoms with van der Waals surface area (Å²) in [5.41, 5.74) is 18.5. The first-order chi connectivity index (χ1) is 42.1. The van der Waals surface area contributed by atoms with Gasteiger partial charge in [0.2, 0.25) is 0 Å². The van der Waals surface area contributed by atoms with Crippen LogP contribution in [0.25, 0.3) is 144 Å². The van der Waals surface area contributed by atoms with Gasteiger partial charge in [0, 0.05) is 33.0 Å². The Balaban J connectivity index is 0.777. The van der Waals surface area contributed by atoms with Crippen molar-refractivity contribution >= 4 is 64.9 Å². The van der Waals surface area contributed by atoms with Crippen molar-refractivity contribution in [2.45, 2.75) is 5.41 Å². The summed E-state index contributed by atoms with van der Waals surface area (Å²) in [6, 6.07) is 110. The molecule has 0 unspecified atom stereocenters. The first kappa shape index (κ1) is 48.5. The molecule has 1 aliphatic rings. The summed E-state index contributed by atoms with van der Waals surface area (Å²) in [6.45, 7) is 0. The molecule has 4 heteroatoms. The lowest BCUT2D eigenvalue weighted by Gasteiger charge is -2.34. The predicted octanol–water partition coefficient (Wildman–Crippen LogP) is 20.6. The molecule has 0 spiro atoms. The van der Waals surface area contributed by atoms with Gasteiger partial charge in [0.1, 0.15) is 0 Å². The summed E-state index contributed by atoms with van der Waals surface area (Å²) in [6.07, 6.45) is 0. The number of hydrogen-bond acceptors (Lipinski definition) is 4. The molecule has 394 valence electrons. The Bertz CT molecular complexity index is 5010. The zero-order valence-corrected chi connectivity index (χ0v) is 46.2. The maximum atomic E-state index is 5.51. The lowest BCUT2D eigenvalue weighted by atomic mass is 9.67. The van der Waals surface area contributed by atoms with E-state index in [1.165, 1.54) is 87.6 Å². The van der Waals surface area contributed by atoms with Gasteiger partial charge in [0.15, 0.2) is 11.6 Å². The van der Waals surface area contributed by atoms with Crippen molar-refractivity contribution in [1.29, 1.82) is 0 Å². The summed E-state index contributed by atoms with van der Waals surface area (Å²) >= 11 is 0. The topological polar surface area (TPSA) is 51.6 Å². The monoisotopic (exact) mass is 1080 g/mol. The van der Waals surface area contributed by atoms with Crippen molar-refractivity contribution in [3.05, 3.63) is 326 Å². The SMILES string of the molecule is c1ccc(C2(c3ccccc3)c3cc(-c4nc(-c5ccc(-c6ccc7c(ccc8ccccc87)c6)cc5)nc5ccccc45)ccc3-c3ccc(-c4nc(-c5ccc(-c6ccc7c(ccc8ccccc87)c6)cc5)nc5ccccc45)cc32)cc1. The molecule has 0 amide bonds. The second-order valence-electron chi connectivity index (χ2n) is 22.4. The average molecular weight is 1080 g/mol. The van der Waals surface area contributed by atoms with Crippen molar-refractivity contribution < 1.29 is 0 Å². The largest absolute Gasteiger partial charge is 0.228 e. The van der Waals surface area contributed by atoms with Crippen LogP contribution in [-0.2, 0) is 5.41 Å². The fourth-order valence-electron chi connectivity index (χ4n) is 13.6. The second-order valence-corrected chi connectivity index (χ2v) is 22.4. The minimum Gasteiger partial charge on any atom is -0.228 e. The molecule has 0 aliphatic heterocycles. The molecule has 16 aromatic rings. The van der Waals surface area contributed by atoms with Crippen molar-refractivity contribution in [2.24, 2.45) is 0 Å². The minimum atomic E-state index is -0.714. The summed E-state index contributed by atoms with van der Waals surface area (Å²) < 4.78 is 0. The van der Waals surface area contributed by atoms with E-state index in [0.717, 1.165) is 66.6 Å². The molecule has 2 heterocycles.